The van der Waals surface area contributed by atoms with Crippen LogP contribution in [0.3, 0.4) is 0 Å². The molecule has 0 heterocycles. The lowest BCUT2D eigenvalue weighted by molar-refractivity contribution is 0.210. The molecule has 1 aliphatic rings. The van der Waals surface area contributed by atoms with Crippen LogP contribution in [-0.4, -0.2) is 6.10 Å². The van der Waals surface area contributed by atoms with Gasteiger partial charge < -0.3 is 10.5 Å². The van der Waals surface area contributed by atoms with Crippen molar-refractivity contribution in [2.24, 2.45) is 0 Å². The molecule has 1 saturated carbocycles. The number of nitrogens with two attached hydrogens (primary N) is 1. The molecule has 2 N–H and O–H groups in total. The van der Waals surface area contributed by atoms with Gasteiger partial charge in [-0.15, -0.1) is 0 Å². The lowest BCUT2D eigenvalue weighted by Crippen LogP contribution is -2.11. The van der Waals surface area contributed by atoms with E-state index in [0.717, 1.165) is 12.8 Å². The zero-order chi connectivity index (χ0) is 12.0. The van der Waals surface area contributed by atoms with Gasteiger partial charge in [-0.05, 0) is 37.8 Å². The van der Waals surface area contributed by atoms with Crippen LogP contribution in [0.15, 0.2) is 18.2 Å². The molecule has 0 spiro atoms. The second-order valence-corrected chi connectivity index (χ2v) is 3.71. The Hall–Kier alpha value is -1.25. The summed E-state index contributed by atoms with van der Waals surface area (Å²) < 4.78 is 18.5. The Morgan fingerprint density at radius 2 is 1.88 bits per heavy atom. The van der Waals surface area contributed by atoms with Crippen molar-refractivity contribution < 1.29 is 9.13 Å². The van der Waals surface area contributed by atoms with Gasteiger partial charge in [-0.25, -0.2) is 4.39 Å². The molecule has 0 unspecified atom stereocenters. The fourth-order valence-electron chi connectivity index (χ4n) is 1.79. The van der Waals surface area contributed by atoms with Crippen molar-refractivity contribution in [1.82, 2.24) is 0 Å². The third kappa shape index (κ3) is 3.40. The normalized spacial score (nSPS) is 15.4. The van der Waals surface area contributed by atoms with Gasteiger partial charge in [0.15, 0.2) is 0 Å². The molecule has 1 aromatic rings. The minimum atomic E-state index is -0.385. The van der Waals surface area contributed by atoms with Gasteiger partial charge in [0, 0.05) is 6.07 Å². The summed E-state index contributed by atoms with van der Waals surface area (Å²) in [6.45, 7) is 4.00. The van der Waals surface area contributed by atoms with Crippen LogP contribution in [0, 0.1) is 5.82 Å². The summed E-state index contributed by atoms with van der Waals surface area (Å²) >= 11 is 0. The lowest BCUT2D eigenvalue weighted by atomic mass is 10.2. The summed E-state index contributed by atoms with van der Waals surface area (Å²) in [5.74, 6) is 0.291. The molecule has 0 saturated heterocycles. The van der Waals surface area contributed by atoms with Gasteiger partial charge >= 0.3 is 0 Å². The van der Waals surface area contributed by atoms with Crippen molar-refractivity contribution in [3.8, 4) is 5.75 Å². The van der Waals surface area contributed by atoms with Gasteiger partial charge in [0.2, 0.25) is 0 Å². The van der Waals surface area contributed by atoms with E-state index in [-0.39, 0.29) is 11.5 Å². The fourth-order valence-corrected chi connectivity index (χ4v) is 1.79. The van der Waals surface area contributed by atoms with Crippen molar-refractivity contribution in [3.05, 3.63) is 24.0 Å². The quantitative estimate of drug-likeness (QED) is 0.778. The minimum absolute atomic E-state index is 0.153. The predicted molar refractivity (Wildman–Crippen MR) is 65.0 cm³/mol. The molecule has 2 nitrogen and oxygen atoms in total. The van der Waals surface area contributed by atoms with Gasteiger partial charge in [-0.3, -0.25) is 0 Å². The monoisotopic (exact) mass is 225 g/mol. The van der Waals surface area contributed by atoms with Crippen molar-refractivity contribution in [2.45, 2.75) is 45.6 Å². The van der Waals surface area contributed by atoms with Crippen LogP contribution in [0.1, 0.15) is 39.5 Å². The summed E-state index contributed by atoms with van der Waals surface area (Å²) in [7, 11) is 0. The van der Waals surface area contributed by atoms with E-state index < -0.39 is 0 Å². The Bertz CT molecular complexity index is 322. The number of anilines is 1. The zero-order valence-electron chi connectivity index (χ0n) is 10.0. The maximum atomic E-state index is 12.8. The molecule has 1 aromatic carbocycles. The van der Waals surface area contributed by atoms with Crippen LogP contribution in [0.5, 0.6) is 5.75 Å². The molecule has 90 valence electrons. The third-order valence-corrected chi connectivity index (χ3v) is 2.57. The minimum Gasteiger partial charge on any atom is -0.490 e. The van der Waals surface area contributed by atoms with Crippen molar-refractivity contribution >= 4 is 5.69 Å². The molecule has 0 radical (unpaired) electrons. The molecule has 0 aliphatic heterocycles. The van der Waals surface area contributed by atoms with E-state index in [0.29, 0.717) is 11.9 Å². The van der Waals surface area contributed by atoms with Crippen LogP contribution in [0.25, 0.3) is 0 Å². The molecule has 3 heteroatoms. The fraction of sp³-hybridized carbons (Fsp3) is 0.538. The lowest BCUT2D eigenvalue weighted by Gasteiger charge is -2.13. The number of hydrogen-bond acceptors (Lipinski definition) is 2. The van der Waals surface area contributed by atoms with Crippen LogP contribution in [0.4, 0.5) is 10.1 Å². The van der Waals surface area contributed by atoms with E-state index in [1.165, 1.54) is 18.9 Å². The van der Waals surface area contributed by atoms with Crippen LogP contribution in [0.2, 0.25) is 0 Å². The van der Waals surface area contributed by atoms with E-state index in [1.807, 2.05) is 13.8 Å². The molecule has 16 heavy (non-hydrogen) atoms. The average Bonchev–Trinajstić information content (AvgIpc) is 2.79. The maximum Gasteiger partial charge on any atom is 0.146 e. The number of hydrogen-bond donors (Lipinski definition) is 1. The number of halogens is 1. The number of nitrogen functional groups attached to an aromatic ring is 1. The Labute approximate surface area is 96.6 Å². The van der Waals surface area contributed by atoms with Gasteiger partial charge in [-0.2, -0.15) is 0 Å². The first kappa shape index (κ1) is 12.8. The first-order valence-corrected chi connectivity index (χ1v) is 5.97. The average molecular weight is 225 g/mol. The second kappa shape index (κ2) is 6.36. The molecule has 0 aromatic heterocycles. The molecule has 0 bridgehead atoms. The van der Waals surface area contributed by atoms with Gasteiger partial charge in [0.05, 0.1) is 11.8 Å². The highest BCUT2D eigenvalue weighted by Crippen LogP contribution is 2.25. The van der Waals surface area contributed by atoms with E-state index in [9.17, 15) is 4.39 Å². The molecular weight excluding hydrogens is 205 g/mol. The Morgan fingerprint density at radius 1 is 1.25 bits per heavy atom. The third-order valence-electron chi connectivity index (χ3n) is 2.57. The van der Waals surface area contributed by atoms with E-state index in [2.05, 4.69) is 0 Å². The first-order valence-electron chi connectivity index (χ1n) is 5.97. The molecule has 2 rings (SSSR count). The largest absolute Gasteiger partial charge is 0.490 e. The molecular formula is C13H20FNO. The summed E-state index contributed by atoms with van der Waals surface area (Å²) in [5.41, 5.74) is 5.59. The van der Waals surface area contributed by atoms with E-state index in [1.54, 1.807) is 12.1 Å². The SMILES string of the molecule is CC.Nc1cc(OC2CCCC2)ccc1F. The maximum absolute atomic E-state index is 12.8. The Morgan fingerprint density at radius 3 is 2.44 bits per heavy atom. The molecule has 0 amide bonds. The van der Waals surface area contributed by atoms with Crippen molar-refractivity contribution in [2.75, 3.05) is 5.73 Å². The highest BCUT2D eigenvalue weighted by Gasteiger charge is 2.16. The number of ether oxygens (including phenoxy) is 1. The van der Waals surface area contributed by atoms with E-state index in [4.69, 9.17) is 10.5 Å². The summed E-state index contributed by atoms with van der Waals surface area (Å²) in [6.07, 6.45) is 4.93. The Kier molecular flexibility index (Phi) is 5.09. The summed E-state index contributed by atoms with van der Waals surface area (Å²) in [5, 5.41) is 0. The standard InChI is InChI=1S/C11H14FNO.C2H6/c12-10-6-5-9(7-11(10)13)14-8-3-1-2-4-8;1-2/h5-8H,1-4,13H2;1-2H3. The van der Waals surface area contributed by atoms with Gasteiger partial charge in [0.25, 0.3) is 0 Å². The smallest absolute Gasteiger partial charge is 0.146 e. The number of rotatable bonds is 2. The highest BCUT2D eigenvalue weighted by molar-refractivity contribution is 5.45. The van der Waals surface area contributed by atoms with Crippen LogP contribution >= 0.6 is 0 Å². The first-order chi connectivity index (χ1) is 7.75. The highest BCUT2D eigenvalue weighted by atomic mass is 19.1. The topological polar surface area (TPSA) is 35.2 Å². The van der Waals surface area contributed by atoms with Crippen molar-refractivity contribution in [1.29, 1.82) is 0 Å². The molecule has 1 fully saturated rings. The van der Waals surface area contributed by atoms with Gasteiger partial charge in [0.1, 0.15) is 11.6 Å². The van der Waals surface area contributed by atoms with Crippen molar-refractivity contribution in [3.63, 3.8) is 0 Å². The van der Waals surface area contributed by atoms with Crippen LogP contribution < -0.4 is 10.5 Å². The van der Waals surface area contributed by atoms with Gasteiger partial charge in [-0.1, -0.05) is 13.8 Å². The summed E-state index contributed by atoms with van der Waals surface area (Å²) in [4.78, 5) is 0. The van der Waals surface area contributed by atoms with E-state index >= 15 is 0 Å². The zero-order valence-corrected chi connectivity index (χ0v) is 10.0. The molecule has 0 atom stereocenters. The molecule has 1 aliphatic carbocycles. The number of benzene rings is 1. The Balaban J connectivity index is 0.000000606. The predicted octanol–water partition coefficient (Wildman–Crippen LogP) is 3.76. The second-order valence-electron chi connectivity index (χ2n) is 3.71. The van der Waals surface area contributed by atoms with Crippen LogP contribution in [-0.2, 0) is 0 Å². The summed E-state index contributed by atoms with van der Waals surface area (Å²) in [6, 6.07) is 4.53.